The lowest BCUT2D eigenvalue weighted by atomic mass is 10.0. The van der Waals surface area contributed by atoms with Crippen molar-refractivity contribution in [3.8, 4) is 17.3 Å². The Labute approximate surface area is 117 Å². The van der Waals surface area contributed by atoms with Crippen LogP contribution in [-0.2, 0) is 4.74 Å². The number of hydrogen-bond donors (Lipinski definition) is 0. The van der Waals surface area contributed by atoms with Crippen LogP contribution in [0.4, 0.5) is 0 Å². The number of hydrogen-bond acceptors (Lipinski definition) is 4. The standard InChI is InChI=1S/C16H14N2O2/c1-3-20-16(19)13-9-15(12-7-5-4-6-8-12)18-11(2)14(13)10-17/h4-9H,3H2,1-2H3. The highest BCUT2D eigenvalue weighted by Gasteiger charge is 2.17. The number of esters is 1. The van der Waals surface area contributed by atoms with Gasteiger partial charge >= 0.3 is 5.97 Å². The summed E-state index contributed by atoms with van der Waals surface area (Å²) in [5.74, 6) is -0.494. The molecule has 0 aliphatic rings. The molecule has 0 atom stereocenters. The quantitative estimate of drug-likeness (QED) is 0.801. The van der Waals surface area contributed by atoms with Gasteiger partial charge in [-0.3, -0.25) is 4.98 Å². The number of nitrogens with zero attached hydrogens (tertiary/aromatic N) is 2. The Morgan fingerprint density at radius 1 is 1.35 bits per heavy atom. The van der Waals surface area contributed by atoms with Crippen LogP contribution in [0.2, 0.25) is 0 Å². The van der Waals surface area contributed by atoms with Gasteiger partial charge in [0.15, 0.2) is 0 Å². The van der Waals surface area contributed by atoms with Crippen LogP contribution in [-0.4, -0.2) is 17.6 Å². The van der Waals surface area contributed by atoms with Crippen molar-refractivity contribution in [2.24, 2.45) is 0 Å². The van der Waals surface area contributed by atoms with Gasteiger partial charge in [0.2, 0.25) is 0 Å². The smallest absolute Gasteiger partial charge is 0.339 e. The number of nitriles is 1. The zero-order chi connectivity index (χ0) is 14.5. The molecule has 20 heavy (non-hydrogen) atoms. The Kier molecular flexibility index (Phi) is 4.11. The van der Waals surface area contributed by atoms with Crippen LogP contribution < -0.4 is 0 Å². The van der Waals surface area contributed by atoms with E-state index in [1.54, 1.807) is 19.9 Å². The van der Waals surface area contributed by atoms with Crippen molar-refractivity contribution in [3.05, 3.63) is 53.2 Å². The summed E-state index contributed by atoms with van der Waals surface area (Å²) in [5.41, 5.74) is 2.61. The largest absolute Gasteiger partial charge is 0.462 e. The lowest BCUT2D eigenvalue weighted by molar-refractivity contribution is 0.0526. The third-order valence-corrected chi connectivity index (χ3v) is 2.88. The zero-order valence-corrected chi connectivity index (χ0v) is 11.4. The van der Waals surface area contributed by atoms with Crippen LogP contribution in [0.25, 0.3) is 11.3 Å². The van der Waals surface area contributed by atoms with Crippen molar-refractivity contribution in [1.29, 1.82) is 5.26 Å². The van der Waals surface area contributed by atoms with Crippen LogP contribution in [0.5, 0.6) is 0 Å². The molecule has 4 heteroatoms. The molecule has 0 N–H and O–H groups in total. The second-order valence-corrected chi connectivity index (χ2v) is 4.21. The van der Waals surface area contributed by atoms with Gasteiger partial charge in [-0.05, 0) is 19.9 Å². The summed E-state index contributed by atoms with van der Waals surface area (Å²) in [7, 11) is 0. The lowest BCUT2D eigenvalue weighted by Gasteiger charge is -2.09. The highest BCUT2D eigenvalue weighted by atomic mass is 16.5. The Balaban J connectivity index is 2.58. The van der Waals surface area contributed by atoms with Crippen LogP contribution in [0.3, 0.4) is 0 Å². The van der Waals surface area contributed by atoms with E-state index in [0.717, 1.165) is 5.56 Å². The molecule has 0 aliphatic carbocycles. The number of aryl methyl sites for hydroxylation is 1. The molecule has 2 rings (SSSR count). The third kappa shape index (κ3) is 2.67. The first-order valence-corrected chi connectivity index (χ1v) is 6.31. The molecule has 1 aromatic carbocycles. The molecular weight excluding hydrogens is 252 g/mol. The topological polar surface area (TPSA) is 63.0 Å². The highest BCUT2D eigenvalue weighted by Crippen LogP contribution is 2.22. The predicted molar refractivity (Wildman–Crippen MR) is 75.1 cm³/mol. The Morgan fingerprint density at radius 2 is 2.05 bits per heavy atom. The Hall–Kier alpha value is -2.67. The van der Waals surface area contributed by atoms with Gasteiger partial charge in [0.1, 0.15) is 6.07 Å². The maximum Gasteiger partial charge on any atom is 0.339 e. The molecule has 0 saturated heterocycles. The number of carbonyl (C=O) groups excluding carboxylic acids is 1. The van der Waals surface area contributed by atoms with E-state index < -0.39 is 5.97 Å². The molecule has 100 valence electrons. The first kappa shape index (κ1) is 13.8. The number of carbonyl (C=O) groups is 1. The summed E-state index contributed by atoms with van der Waals surface area (Å²) in [6, 6.07) is 13.1. The van der Waals surface area contributed by atoms with Gasteiger partial charge in [-0.2, -0.15) is 5.26 Å². The molecule has 1 aromatic heterocycles. The monoisotopic (exact) mass is 266 g/mol. The molecular formula is C16H14N2O2. The number of ether oxygens (including phenoxy) is 1. The molecule has 0 amide bonds. The number of aromatic nitrogens is 1. The minimum atomic E-state index is -0.494. The van der Waals surface area contributed by atoms with E-state index in [1.165, 1.54) is 0 Å². The van der Waals surface area contributed by atoms with E-state index in [1.807, 2.05) is 36.4 Å². The molecule has 4 nitrogen and oxygen atoms in total. The maximum atomic E-state index is 12.0. The Bertz CT molecular complexity index is 673. The molecule has 0 fully saturated rings. The van der Waals surface area contributed by atoms with E-state index in [0.29, 0.717) is 11.4 Å². The van der Waals surface area contributed by atoms with Gasteiger partial charge in [-0.25, -0.2) is 4.79 Å². The zero-order valence-electron chi connectivity index (χ0n) is 11.4. The molecule has 0 bridgehead atoms. The summed E-state index contributed by atoms with van der Waals surface area (Å²) in [5, 5.41) is 9.18. The normalized spacial score (nSPS) is 9.85. The van der Waals surface area contributed by atoms with Crippen molar-refractivity contribution in [2.45, 2.75) is 13.8 Å². The van der Waals surface area contributed by atoms with Crippen molar-refractivity contribution in [3.63, 3.8) is 0 Å². The predicted octanol–water partition coefficient (Wildman–Crippen LogP) is 3.11. The highest BCUT2D eigenvalue weighted by molar-refractivity contribution is 5.93. The minimum absolute atomic E-state index is 0.265. The molecule has 0 aliphatic heterocycles. The fourth-order valence-corrected chi connectivity index (χ4v) is 1.94. The van der Waals surface area contributed by atoms with Crippen LogP contribution in [0.1, 0.15) is 28.5 Å². The number of rotatable bonds is 3. The van der Waals surface area contributed by atoms with Crippen molar-refractivity contribution < 1.29 is 9.53 Å². The molecule has 1 heterocycles. The average molecular weight is 266 g/mol. The van der Waals surface area contributed by atoms with Crippen LogP contribution >= 0.6 is 0 Å². The maximum absolute atomic E-state index is 12.0. The van der Waals surface area contributed by atoms with E-state index in [4.69, 9.17) is 4.74 Å². The molecule has 2 aromatic rings. The number of pyridine rings is 1. The van der Waals surface area contributed by atoms with Crippen LogP contribution in [0.15, 0.2) is 36.4 Å². The van der Waals surface area contributed by atoms with Gasteiger partial charge < -0.3 is 4.74 Å². The first-order chi connectivity index (χ1) is 9.67. The second-order valence-electron chi connectivity index (χ2n) is 4.21. The van der Waals surface area contributed by atoms with Gasteiger partial charge in [0, 0.05) is 5.56 Å². The minimum Gasteiger partial charge on any atom is -0.462 e. The summed E-state index contributed by atoms with van der Waals surface area (Å²) in [6.07, 6.45) is 0. The summed E-state index contributed by atoms with van der Waals surface area (Å²) >= 11 is 0. The van der Waals surface area contributed by atoms with E-state index in [9.17, 15) is 10.1 Å². The second kappa shape index (κ2) is 5.98. The molecule has 0 unspecified atom stereocenters. The Morgan fingerprint density at radius 3 is 2.65 bits per heavy atom. The summed E-state index contributed by atoms with van der Waals surface area (Å²) < 4.78 is 5.00. The molecule has 0 spiro atoms. The van der Waals surface area contributed by atoms with Gasteiger partial charge in [-0.1, -0.05) is 30.3 Å². The fraction of sp³-hybridized carbons (Fsp3) is 0.188. The van der Waals surface area contributed by atoms with Crippen molar-refractivity contribution in [1.82, 2.24) is 4.98 Å². The van der Waals surface area contributed by atoms with Gasteiger partial charge in [0.05, 0.1) is 29.1 Å². The van der Waals surface area contributed by atoms with Crippen LogP contribution in [0, 0.1) is 18.3 Å². The average Bonchev–Trinajstić information content (AvgIpc) is 2.47. The molecule has 0 saturated carbocycles. The summed E-state index contributed by atoms with van der Waals surface area (Å²) in [6.45, 7) is 3.72. The first-order valence-electron chi connectivity index (χ1n) is 6.31. The van der Waals surface area contributed by atoms with Crippen molar-refractivity contribution in [2.75, 3.05) is 6.61 Å². The molecule has 0 radical (unpaired) electrons. The third-order valence-electron chi connectivity index (χ3n) is 2.88. The fourth-order valence-electron chi connectivity index (χ4n) is 1.94. The van der Waals surface area contributed by atoms with Gasteiger partial charge in [0.25, 0.3) is 0 Å². The lowest BCUT2D eigenvalue weighted by Crippen LogP contribution is -2.09. The number of benzene rings is 1. The SMILES string of the molecule is CCOC(=O)c1cc(-c2ccccc2)nc(C)c1C#N. The van der Waals surface area contributed by atoms with Crippen molar-refractivity contribution >= 4 is 5.97 Å². The summed E-state index contributed by atoms with van der Waals surface area (Å²) in [4.78, 5) is 16.3. The van der Waals surface area contributed by atoms with E-state index in [-0.39, 0.29) is 17.7 Å². The van der Waals surface area contributed by atoms with E-state index in [2.05, 4.69) is 4.98 Å². The van der Waals surface area contributed by atoms with E-state index >= 15 is 0 Å². The van der Waals surface area contributed by atoms with Gasteiger partial charge in [-0.15, -0.1) is 0 Å².